The maximum atomic E-state index is 12.1. The summed E-state index contributed by atoms with van der Waals surface area (Å²) < 4.78 is 28.5. The van der Waals surface area contributed by atoms with Crippen LogP contribution in [0.2, 0.25) is 0 Å². The molecule has 6 heteroatoms. The summed E-state index contributed by atoms with van der Waals surface area (Å²) in [6.45, 7) is -2.59. The maximum Gasteiger partial charge on any atom is 0.387 e. The number of benzene rings is 2. The lowest BCUT2D eigenvalue weighted by Gasteiger charge is -2.10. The highest BCUT2D eigenvalue weighted by Gasteiger charge is 2.05. The van der Waals surface area contributed by atoms with Gasteiger partial charge < -0.3 is 20.3 Å². The molecule has 0 unspecified atom stereocenters. The second-order valence-corrected chi connectivity index (χ2v) is 4.07. The van der Waals surface area contributed by atoms with Crippen molar-refractivity contribution in [3.8, 4) is 17.2 Å². The highest BCUT2D eigenvalue weighted by atomic mass is 19.3. The normalized spacial score (nSPS) is 10.6. The molecule has 0 heterocycles. The van der Waals surface area contributed by atoms with E-state index < -0.39 is 6.61 Å². The summed E-state index contributed by atoms with van der Waals surface area (Å²) in [7, 11) is 0. The van der Waals surface area contributed by atoms with Crippen LogP contribution in [0.3, 0.4) is 0 Å². The maximum absolute atomic E-state index is 12.1. The Balaban J connectivity index is 2.03. The van der Waals surface area contributed by atoms with Gasteiger partial charge in [0, 0.05) is 29.9 Å². The smallest absolute Gasteiger partial charge is 0.387 e. The quantitative estimate of drug-likeness (QED) is 0.787. The van der Waals surface area contributed by atoms with E-state index in [1.165, 1.54) is 24.3 Å². The van der Waals surface area contributed by atoms with Gasteiger partial charge in [-0.05, 0) is 24.3 Å². The number of halogens is 2. The van der Waals surface area contributed by atoms with Crippen molar-refractivity contribution in [2.75, 3.05) is 5.32 Å². The molecule has 0 saturated heterocycles. The molecule has 0 amide bonds. The molecule has 3 N–H and O–H groups in total. The van der Waals surface area contributed by atoms with E-state index in [1.807, 2.05) is 0 Å². The largest absolute Gasteiger partial charge is 0.508 e. The van der Waals surface area contributed by atoms with Crippen LogP contribution in [0.5, 0.6) is 17.2 Å². The Morgan fingerprint density at radius 2 is 1.90 bits per heavy atom. The molecule has 0 saturated carbocycles. The van der Waals surface area contributed by atoms with E-state index in [0.717, 1.165) is 0 Å². The first-order valence-electron chi connectivity index (χ1n) is 5.84. The molecule has 0 aliphatic rings. The number of hydrogen-bond acceptors (Lipinski definition) is 4. The van der Waals surface area contributed by atoms with Crippen LogP contribution in [-0.4, -0.2) is 16.8 Å². The minimum absolute atomic E-state index is 0.0291. The molecule has 106 valence electrons. The van der Waals surface area contributed by atoms with E-state index in [1.54, 1.807) is 18.2 Å². The first kappa shape index (κ1) is 13.9. The number of rotatable bonds is 5. The minimum Gasteiger partial charge on any atom is -0.508 e. The van der Waals surface area contributed by atoms with Crippen molar-refractivity contribution < 1.29 is 23.7 Å². The highest BCUT2D eigenvalue weighted by Crippen LogP contribution is 2.24. The average molecular weight is 281 g/mol. The van der Waals surface area contributed by atoms with Crippen LogP contribution >= 0.6 is 0 Å². The summed E-state index contributed by atoms with van der Waals surface area (Å²) >= 11 is 0. The van der Waals surface area contributed by atoms with Crippen molar-refractivity contribution in [1.29, 1.82) is 0 Å². The molecule has 0 aromatic heterocycles. The Morgan fingerprint density at radius 3 is 2.60 bits per heavy atom. The van der Waals surface area contributed by atoms with Crippen LogP contribution in [0, 0.1) is 0 Å². The van der Waals surface area contributed by atoms with Gasteiger partial charge in [-0.3, -0.25) is 0 Å². The Kier molecular flexibility index (Phi) is 4.24. The van der Waals surface area contributed by atoms with Gasteiger partial charge in [-0.2, -0.15) is 8.78 Å². The van der Waals surface area contributed by atoms with Gasteiger partial charge >= 0.3 is 6.61 Å². The number of ether oxygens (including phenoxy) is 1. The molecular formula is C14H13F2NO3. The average Bonchev–Trinajstić information content (AvgIpc) is 2.37. The van der Waals surface area contributed by atoms with Crippen LogP contribution in [0.4, 0.5) is 14.5 Å². The number of hydrogen-bond donors (Lipinski definition) is 3. The topological polar surface area (TPSA) is 61.7 Å². The van der Waals surface area contributed by atoms with E-state index in [-0.39, 0.29) is 23.8 Å². The minimum atomic E-state index is -2.87. The summed E-state index contributed by atoms with van der Waals surface area (Å²) in [4.78, 5) is 0. The lowest BCUT2D eigenvalue weighted by molar-refractivity contribution is -0.0498. The van der Waals surface area contributed by atoms with Gasteiger partial charge in [0.1, 0.15) is 17.2 Å². The Bertz CT molecular complexity index is 590. The molecule has 0 aliphatic heterocycles. The molecule has 2 rings (SSSR count). The fourth-order valence-electron chi connectivity index (χ4n) is 1.68. The molecule has 0 radical (unpaired) electrons. The fraction of sp³-hybridized carbons (Fsp3) is 0.143. The van der Waals surface area contributed by atoms with Crippen LogP contribution < -0.4 is 10.1 Å². The van der Waals surface area contributed by atoms with Gasteiger partial charge in [0.05, 0.1) is 0 Å². The third-order valence-corrected chi connectivity index (χ3v) is 2.61. The van der Waals surface area contributed by atoms with Crippen molar-refractivity contribution >= 4 is 5.69 Å². The van der Waals surface area contributed by atoms with E-state index in [2.05, 4.69) is 10.1 Å². The van der Waals surface area contributed by atoms with Gasteiger partial charge in [-0.15, -0.1) is 0 Å². The number of phenols is 2. The first-order valence-corrected chi connectivity index (χ1v) is 5.84. The predicted molar refractivity (Wildman–Crippen MR) is 70.2 cm³/mol. The number of nitrogens with one attached hydrogen (secondary N) is 1. The van der Waals surface area contributed by atoms with Crippen molar-refractivity contribution in [2.24, 2.45) is 0 Å². The predicted octanol–water partition coefficient (Wildman–Crippen LogP) is 3.31. The second-order valence-electron chi connectivity index (χ2n) is 4.07. The number of aromatic hydroxyl groups is 2. The van der Waals surface area contributed by atoms with E-state index in [0.29, 0.717) is 11.3 Å². The van der Waals surface area contributed by atoms with Crippen LogP contribution in [-0.2, 0) is 6.54 Å². The number of phenolic OH excluding ortho intramolecular Hbond substituents is 2. The zero-order valence-electron chi connectivity index (χ0n) is 10.4. The summed E-state index contributed by atoms with van der Waals surface area (Å²) in [5.74, 6) is -0.0176. The zero-order chi connectivity index (χ0) is 14.5. The Hall–Kier alpha value is -2.50. The molecule has 0 atom stereocenters. The van der Waals surface area contributed by atoms with E-state index in [4.69, 9.17) is 0 Å². The summed E-state index contributed by atoms with van der Waals surface area (Å²) in [6, 6.07) is 10.4. The SMILES string of the molecule is Oc1ccc(CNc2cccc(OC(F)F)c2)c(O)c1. The first-order chi connectivity index (χ1) is 9.54. The van der Waals surface area contributed by atoms with Crippen LogP contribution in [0.25, 0.3) is 0 Å². The van der Waals surface area contributed by atoms with Crippen LogP contribution in [0.1, 0.15) is 5.56 Å². The van der Waals surface area contributed by atoms with Crippen molar-refractivity contribution in [1.82, 2.24) is 0 Å². The van der Waals surface area contributed by atoms with Crippen LogP contribution in [0.15, 0.2) is 42.5 Å². The Labute approximate surface area is 114 Å². The molecule has 0 bridgehead atoms. The van der Waals surface area contributed by atoms with Gasteiger partial charge in [0.15, 0.2) is 0 Å². The molecule has 0 spiro atoms. The molecule has 4 nitrogen and oxygen atoms in total. The standard InChI is InChI=1S/C14H13F2NO3/c15-14(16)20-12-3-1-2-10(6-12)17-8-9-4-5-11(18)7-13(9)19/h1-7,14,17-19H,8H2. The lowest BCUT2D eigenvalue weighted by Crippen LogP contribution is -2.03. The molecular weight excluding hydrogens is 268 g/mol. The monoisotopic (exact) mass is 281 g/mol. The lowest BCUT2D eigenvalue weighted by atomic mass is 10.2. The van der Waals surface area contributed by atoms with Gasteiger partial charge in [-0.25, -0.2) is 0 Å². The van der Waals surface area contributed by atoms with Gasteiger partial charge in [0.2, 0.25) is 0 Å². The molecule has 2 aromatic carbocycles. The molecule has 20 heavy (non-hydrogen) atoms. The molecule has 0 aliphatic carbocycles. The molecule has 2 aromatic rings. The van der Waals surface area contributed by atoms with Gasteiger partial charge in [0.25, 0.3) is 0 Å². The number of anilines is 1. The Morgan fingerprint density at radius 1 is 1.10 bits per heavy atom. The number of alkyl halides is 2. The van der Waals surface area contributed by atoms with Crippen molar-refractivity contribution in [3.05, 3.63) is 48.0 Å². The van der Waals surface area contributed by atoms with Crippen molar-refractivity contribution in [2.45, 2.75) is 13.2 Å². The summed E-state index contributed by atoms with van der Waals surface area (Å²) in [5.41, 5.74) is 1.15. The highest BCUT2D eigenvalue weighted by molar-refractivity contribution is 5.49. The zero-order valence-corrected chi connectivity index (χ0v) is 10.4. The molecule has 0 fully saturated rings. The third-order valence-electron chi connectivity index (χ3n) is 2.61. The third kappa shape index (κ3) is 3.74. The second kappa shape index (κ2) is 6.10. The van der Waals surface area contributed by atoms with E-state index >= 15 is 0 Å². The van der Waals surface area contributed by atoms with Crippen molar-refractivity contribution in [3.63, 3.8) is 0 Å². The fourth-order valence-corrected chi connectivity index (χ4v) is 1.68. The summed E-state index contributed by atoms with van der Waals surface area (Å²) in [6.07, 6.45) is 0. The van der Waals surface area contributed by atoms with Gasteiger partial charge in [-0.1, -0.05) is 6.07 Å². The van der Waals surface area contributed by atoms with E-state index in [9.17, 15) is 19.0 Å². The summed E-state index contributed by atoms with van der Waals surface area (Å²) in [5, 5.41) is 21.8.